The Hall–Kier alpha value is -0.0400. The molecule has 28 heavy (non-hydrogen) atoms. The molecule has 0 spiro atoms. The lowest BCUT2D eigenvalue weighted by Gasteiger charge is -2.61. The molecule has 1 N–H and O–H groups in total. The molecule has 0 aromatic heterocycles. The van der Waals surface area contributed by atoms with Crippen LogP contribution in [0.2, 0.25) is 0 Å². The maximum absolute atomic E-state index is 9.32. The number of aliphatic hydroxyl groups is 1. The van der Waals surface area contributed by atoms with E-state index in [-0.39, 0.29) is 0 Å². The summed E-state index contributed by atoms with van der Waals surface area (Å²) in [5.74, 6) is 6.49. The topological polar surface area (TPSA) is 20.2 Å². The summed E-state index contributed by atoms with van der Waals surface area (Å²) in [6, 6.07) is 0. The van der Waals surface area contributed by atoms with Crippen molar-refractivity contribution in [3.8, 4) is 0 Å². The molecule has 4 saturated carbocycles. The summed E-state index contributed by atoms with van der Waals surface area (Å²) in [7, 11) is 0. The molecule has 0 radical (unpaired) electrons. The summed E-state index contributed by atoms with van der Waals surface area (Å²) in [6.07, 6.45) is 19.2. The Balaban J connectivity index is 1.43. The van der Waals surface area contributed by atoms with Gasteiger partial charge in [0.1, 0.15) is 0 Å². The van der Waals surface area contributed by atoms with Gasteiger partial charge in [0.25, 0.3) is 0 Å². The largest absolute Gasteiger partial charge is 0.396 e. The van der Waals surface area contributed by atoms with Crippen molar-refractivity contribution >= 4 is 0 Å². The minimum Gasteiger partial charge on any atom is -0.396 e. The van der Waals surface area contributed by atoms with Gasteiger partial charge in [0.2, 0.25) is 0 Å². The van der Waals surface area contributed by atoms with Gasteiger partial charge in [0.15, 0.2) is 0 Å². The van der Waals surface area contributed by atoms with E-state index < -0.39 is 0 Å². The third-order valence-corrected chi connectivity index (χ3v) is 11.0. The van der Waals surface area contributed by atoms with Crippen LogP contribution in [0.5, 0.6) is 0 Å². The van der Waals surface area contributed by atoms with Crippen LogP contribution in [0.1, 0.15) is 111 Å². The molecule has 0 aromatic carbocycles. The summed E-state index contributed by atoms with van der Waals surface area (Å²) in [4.78, 5) is 0. The first-order valence-electron chi connectivity index (χ1n) is 13.0. The van der Waals surface area contributed by atoms with Gasteiger partial charge in [-0.05, 0) is 110 Å². The van der Waals surface area contributed by atoms with E-state index in [4.69, 9.17) is 0 Å². The Kier molecular flexibility index (Phi) is 6.24. The molecule has 4 aliphatic carbocycles. The highest BCUT2D eigenvalue weighted by Gasteiger charge is 2.59. The summed E-state index contributed by atoms with van der Waals surface area (Å²) in [6.45, 7) is 10.6. The van der Waals surface area contributed by atoms with E-state index in [9.17, 15) is 5.11 Å². The van der Waals surface area contributed by atoms with Crippen molar-refractivity contribution in [2.45, 2.75) is 111 Å². The van der Waals surface area contributed by atoms with E-state index in [2.05, 4.69) is 27.7 Å². The van der Waals surface area contributed by atoms with Crippen molar-refractivity contribution in [3.05, 3.63) is 0 Å². The van der Waals surface area contributed by atoms with Crippen LogP contribution in [0.15, 0.2) is 0 Å². The van der Waals surface area contributed by atoms with Crippen LogP contribution in [0.3, 0.4) is 0 Å². The highest BCUT2D eigenvalue weighted by Crippen LogP contribution is 2.68. The van der Waals surface area contributed by atoms with E-state index in [1.165, 1.54) is 70.6 Å². The van der Waals surface area contributed by atoms with E-state index >= 15 is 0 Å². The monoisotopic (exact) mass is 388 g/mol. The highest BCUT2D eigenvalue weighted by atomic mass is 16.3. The SMILES string of the molecule is CC(CO)CCC[C@@H](C)[C@H]1CC[C@H]2[C@@H]3CC[C@H]4CCCC[C@]4(C)[C@H]3CC[C@]12C. The Morgan fingerprint density at radius 2 is 1.61 bits per heavy atom. The molecule has 9 atom stereocenters. The van der Waals surface area contributed by atoms with E-state index in [1.807, 2.05) is 0 Å². The zero-order chi connectivity index (χ0) is 19.9. The first-order valence-corrected chi connectivity index (χ1v) is 13.0. The highest BCUT2D eigenvalue weighted by molar-refractivity contribution is 5.09. The molecule has 0 heterocycles. The third kappa shape index (κ3) is 3.50. The smallest absolute Gasteiger partial charge is 0.0456 e. The molecule has 4 rings (SSSR count). The standard InChI is InChI=1S/C27H48O/c1-19(18-28)8-7-9-20(2)23-13-14-24-22-12-11-21-10-5-6-16-26(21,3)25(22)15-17-27(23,24)4/h19-25,28H,5-18H2,1-4H3/t19?,20-,21-,22+,23-,24+,25+,26+,27-/m1/s1. The fraction of sp³-hybridized carbons (Fsp3) is 1.00. The molecule has 162 valence electrons. The normalized spacial score (nSPS) is 47.7. The Morgan fingerprint density at radius 1 is 0.821 bits per heavy atom. The van der Waals surface area contributed by atoms with Crippen LogP contribution >= 0.6 is 0 Å². The lowest BCUT2D eigenvalue weighted by molar-refractivity contribution is -0.114. The predicted molar refractivity (Wildman–Crippen MR) is 119 cm³/mol. The molecule has 4 fully saturated rings. The number of aliphatic hydroxyl groups excluding tert-OH is 1. The maximum atomic E-state index is 9.32. The molecule has 0 aromatic rings. The van der Waals surface area contributed by atoms with E-state index in [0.29, 0.717) is 23.4 Å². The van der Waals surface area contributed by atoms with Gasteiger partial charge in [0, 0.05) is 6.61 Å². The molecular weight excluding hydrogens is 340 g/mol. The number of fused-ring (bicyclic) bond motifs is 5. The van der Waals surface area contributed by atoms with Crippen molar-refractivity contribution in [2.75, 3.05) is 6.61 Å². The molecular formula is C27H48O. The van der Waals surface area contributed by atoms with Crippen LogP contribution in [0.4, 0.5) is 0 Å². The number of rotatable bonds is 6. The van der Waals surface area contributed by atoms with Crippen molar-refractivity contribution in [2.24, 2.45) is 52.3 Å². The maximum Gasteiger partial charge on any atom is 0.0456 e. The zero-order valence-corrected chi connectivity index (χ0v) is 19.4. The minimum absolute atomic E-state index is 0.362. The molecule has 4 aliphatic rings. The van der Waals surface area contributed by atoms with Crippen LogP contribution in [0.25, 0.3) is 0 Å². The molecule has 0 saturated heterocycles. The second-order valence-electron chi connectivity index (χ2n) is 12.3. The van der Waals surface area contributed by atoms with Crippen molar-refractivity contribution in [3.63, 3.8) is 0 Å². The second kappa shape index (κ2) is 8.24. The van der Waals surface area contributed by atoms with Gasteiger partial charge < -0.3 is 5.11 Å². The fourth-order valence-electron chi connectivity index (χ4n) is 9.35. The first kappa shape index (κ1) is 21.2. The summed E-state index contributed by atoms with van der Waals surface area (Å²) in [5, 5.41) is 9.32. The fourth-order valence-corrected chi connectivity index (χ4v) is 9.35. The van der Waals surface area contributed by atoms with Gasteiger partial charge in [-0.1, -0.05) is 53.4 Å². The van der Waals surface area contributed by atoms with Gasteiger partial charge >= 0.3 is 0 Å². The molecule has 1 heteroatoms. The Bertz CT molecular complexity index is 528. The Labute approximate surface area is 175 Å². The number of hydrogen-bond donors (Lipinski definition) is 1. The molecule has 1 unspecified atom stereocenters. The van der Waals surface area contributed by atoms with Crippen LogP contribution in [-0.4, -0.2) is 11.7 Å². The summed E-state index contributed by atoms with van der Waals surface area (Å²) >= 11 is 0. The van der Waals surface area contributed by atoms with Gasteiger partial charge in [-0.3, -0.25) is 0 Å². The molecule has 0 bridgehead atoms. The summed E-state index contributed by atoms with van der Waals surface area (Å²) in [5.41, 5.74) is 1.31. The van der Waals surface area contributed by atoms with E-state index in [0.717, 1.165) is 35.5 Å². The van der Waals surface area contributed by atoms with Crippen LogP contribution in [0, 0.1) is 52.3 Å². The van der Waals surface area contributed by atoms with Gasteiger partial charge in [-0.25, -0.2) is 0 Å². The molecule has 0 amide bonds. The lowest BCUT2D eigenvalue weighted by Crippen LogP contribution is -2.53. The Morgan fingerprint density at radius 3 is 2.39 bits per heavy atom. The summed E-state index contributed by atoms with van der Waals surface area (Å²) < 4.78 is 0. The third-order valence-electron chi connectivity index (χ3n) is 11.0. The average Bonchev–Trinajstić information content (AvgIpc) is 3.04. The van der Waals surface area contributed by atoms with Crippen LogP contribution < -0.4 is 0 Å². The van der Waals surface area contributed by atoms with Gasteiger partial charge in [-0.2, -0.15) is 0 Å². The lowest BCUT2D eigenvalue weighted by atomic mass is 9.44. The second-order valence-corrected chi connectivity index (χ2v) is 12.3. The zero-order valence-electron chi connectivity index (χ0n) is 19.4. The predicted octanol–water partition coefficient (Wildman–Crippen LogP) is 7.47. The van der Waals surface area contributed by atoms with Gasteiger partial charge in [-0.15, -0.1) is 0 Å². The first-order chi connectivity index (χ1) is 13.4. The van der Waals surface area contributed by atoms with Crippen LogP contribution in [-0.2, 0) is 0 Å². The van der Waals surface area contributed by atoms with Crippen molar-refractivity contribution in [1.82, 2.24) is 0 Å². The van der Waals surface area contributed by atoms with Crippen molar-refractivity contribution < 1.29 is 5.11 Å². The minimum atomic E-state index is 0.362. The molecule has 0 aliphatic heterocycles. The quantitative estimate of drug-likeness (QED) is 0.500. The number of hydrogen-bond acceptors (Lipinski definition) is 1. The average molecular weight is 389 g/mol. The van der Waals surface area contributed by atoms with E-state index in [1.54, 1.807) is 12.8 Å². The van der Waals surface area contributed by atoms with Crippen molar-refractivity contribution in [1.29, 1.82) is 0 Å². The molecule has 1 nitrogen and oxygen atoms in total. The van der Waals surface area contributed by atoms with Gasteiger partial charge in [0.05, 0.1) is 0 Å².